The number of piperidine rings is 1. The van der Waals surface area contributed by atoms with Crippen LogP contribution < -0.4 is 10.2 Å². The molecule has 0 saturated carbocycles. The summed E-state index contributed by atoms with van der Waals surface area (Å²) in [7, 11) is 0. The average molecular weight is 478 g/mol. The van der Waals surface area contributed by atoms with E-state index in [1.165, 1.54) is 49.6 Å². The van der Waals surface area contributed by atoms with Crippen LogP contribution >= 0.6 is 11.8 Å². The van der Waals surface area contributed by atoms with Crippen molar-refractivity contribution in [3.63, 3.8) is 0 Å². The molecule has 0 bridgehead atoms. The number of para-hydroxylation sites is 1. The second kappa shape index (κ2) is 11.7. The summed E-state index contributed by atoms with van der Waals surface area (Å²) in [6.07, 6.45) is 7.93. The molecular formula is C28H35N3O2S. The number of thioether (sulfide) groups is 1. The molecule has 1 fully saturated rings. The number of carbonyl (C=O) groups is 2. The molecule has 4 rings (SSSR count). The Balaban J connectivity index is 1.38. The highest BCUT2D eigenvalue weighted by Crippen LogP contribution is 2.41. The maximum absolute atomic E-state index is 13.4. The number of anilines is 1. The number of benzene rings is 2. The van der Waals surface area contributed by atoms with Gasteiger partial charge in [-0.25, -0.2) is 0 Å². The maximum Gasteiger partial charge on any atom is 0.265 e. The van der Waals surface area contributed by atoms with Crippen LogP contribution in [0.15, 0.2) is 58.3 Å². The molecule has 2 aliphatic rings. The number of hydrogen-bond donors (Lipinski definition) is 1. The zero-order chi connectivity index (χ0) is 23.9. The molecule has 2 aromatic rings. The van der Waals surface area contributed by atoms with Crippen molar-refractivity contribution >= 4 is 35.3 Å². The molecule has 2 amide bonds. The van der Waals surface area contributed by atoms with Crippen molar-refractivity contribution in [3.8, 4) is 0 Å². The number of amides is 2. The Hall–Kier alpha value is -2.57. The summed E-state index contributed by atoms with van der Waals surface area (Å²) >= 11 is 1.47. The fourth-order valence-corrected chi connectivity index (χ4v) is 5.82. The van der Waals surface area contributed by atoms with E-state index >= 15 is 0 Å². The first kappa shape index (κ1) is 24.6. The van der Waals surface area contributed by atoms with Crippen molar-refractivity contribution in [3.05, 3.63) is 64.6 Å². The maximum atomic E-state index is 13.4. The van der Waals surface area contributed by atoms with Crippen LogP contribution in [0.1, 0.15) is 50.2 Å². The molecule has 180 valence electrons. The molecule has 2 aromatic carbocycles. The lowest BCUT2D eigenvalue weighted by Crippen LogP contribution is -2.44. The number of likely N-dealkylation sites (tertiary alicyclic amines) is 1. The van der Waals surface area contributed by atoms with Gasteiger partial charge in [-0.2, -0.15) is 0 Å². The summed E-state index contributed by atoms with van der Waals surface area (Å²) in [6.45, 7) is 7.16. The summed E-state index contributed by atoms with van der Waals surface area (Å²) in [6, 6.07) is 16.6. The minimum absolute atomic E-state index is 0.0307. The molecular weight excluding hydrogens is 442 g/mol. The van der Waals surface area contributed by atoms with Gasteiger partial charge in [0.05, 0.1) is 10.6 Å². The molecule has 6 heteroatoms. The van der Waals surface area contributed by atoms with E-state index in [4.69, 9.17) is 0 Å². The summed E-state index contributed by atoms with van der Waals surface area (Å²) in [5.41, 5.74) is 2.96. The molecule has 5 nitrogen and oxygen atoms in total. The Morgan fingerprint density at radius 1 is 1.15 bits per heavy atom. The standard InChI is InChI=1S/C28H35N3O2S/c1-3-23-9-6-7-17-30(23)18-8-16-29-27(32)20-31-24-10-4-5-11-25(24)34-26(28(31)33)19-22-14-12-21(2)13-15-22/h4-5,10-15,19,23H,3,6-9,16-18,20H2,1-2H3,(H,29,32)/b26-19+. The van der Waals surface area contributed by atoms with Crippen LogP contribution in [0.3, 0.4) is 0 Å². The van der Waals surface area contributed by atoms with E-state index < -0.39 is 0 Å². The van der Waals surface area contributed by atoms with E-state index in [9.17, 15) is 9.59 Å². The van der Waals surface area contributed by atoms with Gasteiger partial charge < -0.3 is 10.2 Å². The third-order valence-electron chi connectivity index (χ3n) is 6.67. The topological polar surface area (TPSA) is 52.7 Å². The Morgan fingerprint density at radius 2 is 1.94 bits per heavy atom. The monoisotopic (exact) mass is 477 g/mol. The van der Waals surface area contributed by atoms with E-state index in [0.717, 1.165) is 29.1 Å². The molecule has 34 heavy (non-hydrogen) atoms. The first-order valence-corrected chi connectivity index (χ1v) is 13.2. The lowest BCUT2D eigenvalue weighted by Gasteiger charge is -2.35. The lowest BCUT2D eigenvalue weighted by atomic mass is 10.00. The summed E-state index contributed by atoms with van der Waals surface area (Å²) < 4.78 is 0. The van der Waals surface area contributed by atoms with Gasteiger partial charge in [-0.3, -0.25) is 14.5 Å². The number of hydrogen-bond acceptors (Lipinski definition) is 4. The van der Waals surface area contributed by atoms with Crippen LogP contribution in [0, 0.1) is 6.92 Å². The summed E-state index contributed by atoms with van der Waals surface area (Å²) in [5, 5.41) is 3.04. The smallest absolute Gasteiger partial charge is 0.265 e. The molecule has 2 aliphatic heterocycles. The molecule has 1 atom stereocenters. The third kappa shape index (κ3) is 6.10. The van der Waals surface area contributed by atoms with E-state index in [-0.39, 0.29) is 18.4 Å². The quantitative estimate of drug-likeness (QED) is 0.417. The fourth-order valence-electron chi connectivity index (χ4n) is 4.76. The number of nitrogens with zero attached hydrogens (tertiary/aromatic N) is 2. The van der Waals surface area contributed by atoms with Crippen LogP contribution in [0.5, 0.6) is 0 Å². The minimum Gasteiger partial charge on any atom is -0.355 e. The number of nitrogens with one attached hydrogen (secondary N) is 1. The van der Waals surface area contributed by atoms with Crippen LogP contribution in [0.4, 0.5) is 5.69 Å². The number of fused-ring (bicyclic) bond motifs is 1. The highest BCUT2D eigenvalue weighted by Gasteiger charge is 2.30. The number of rotatable bonds is 8. The van der Waals surface area contributed by atoms with E-state index in [0.29, 0.717) is 17.5 Å². The van der Waals surface area contributed by atoms with E-state index in [1.54, 1.807) is 4.90 Å². The average Bonchev–Trinajstić information content (AvgIpc) is 2.86. The van der Waals surface area contributed by atoms with Crippen molar-refractivity contribution in [2.45, 2.75) is 56.9 Å². The highest BCUT2D eigenvalue weighted by atomic mass is 32.2. The Labute approximate surface area is 207 Å². The molecule has 0 spiro atoms. The van der Waals surface area contributed by atoms with Crippen molar-refractivity contribution in [2.75, 3.05) is 31.1 Å². The van der Waals surface area contributed by atoms with Crippen molar-refractivity contribution in [1.82, 2.24) is 10.2 Å². The van der Waals surface area contributed by atoms with Gasteiger partial charge >= 0.3 is 0 Å². The van der Waals surface area contributed by atoms with Gasteiger partial charge in [0.1, 0.15) is 6.54 Å². The highest BCUT2D eigenvalue weighted by molar-refractivity contribution is 8.04. The van der Waals surface area contributed by atoms with Crippen molar-refractivity contribution in [2.24, 2.45) is 0 Å². The van der Waals surface area contributed by atoms with Crippen LogP contribution in [-0.2, 0) is 9.59 Å². The van der Waals surface area contributed by atoms with Gasteiger partial charge in [0.25, 0.3) is 5.91 Å². The van der Waals surface area contributed by atoms with Crippen LogP contribution in [-0.4, -0.2) is 48.9 Å². The zero-order valence-corrected chi connectivity index (χ0v) is 21.1. The van der Waals surface area contributed by atoms with E-state index in [1.807, 2.05) is 61.5 Å². The van der Waals surface area contributed by atoms with E-state index in [2.05, 4.69) is 17.1 Å². The van der Waals surface area contributed by atoms with Gasteiger partial charge in [-0.1, -0.05) is 67.1 Å². The van der Waals surface area contributed by atoms with Gasteiger partial charge in [0.15, 0.2) is 0 Å². The van der Waals surface area contributed by atoms with Crippen molar-refractivity contribution < 1.29 is 9.59 Å². The normalized spacial score (nSPS) is 19.8. The fraction of sp³-hybridized carbons (Fsp3) is 0.429. The SMILES string of the molecule is CCC1CCCCN1CCCNC(=O)CN1C(=O)/C(=C\c2ccc(C)cc2)Sc2ccccc21. The number of carbonyl (C=O) groups excluding carboxylic acids is 2. The predicted octanol–water partition coefficient (Wildman–Crippen LogP) is 5.25. The predicted molar refractivity (Wildman–Crippen MR) is 141 cm³/mol. The van der Waals surface area contributed by atoms with Crippen LogP contribution in [0.2, 0.25) is 0 Å². The van der Waals surface area contributed by atoms with Gasteiger partial charge in [-0.05, 0) is 62.9 Å². The first-order valence-electron chi connectivity index (χ1n) is 12.4. The Morgan fingerprint density at radius 3 is 2.74 bits per heavy atom. The zero-order valence-electron chi connectivity index (χ0n) is 20.3. The largest absolute Gasteiger partial charge is 0.355 e. The summed E-state index contributed by atoms with van der Waals surface area (Å²) in [4.78, 5) is 31.9. The molecule has 1 saturated heterocycles. The van der Waals surface area contributed by atoms with Crippen molar-refractivity contribution in [1.29, 1.82) is 0 Å². The van der Waals surface area contributed by atoms with Crippen LogP contribution in [0.25, 0.3) is 6.08 Å². The second-order valence-corrected chi connectivity index (χ2v) is 10.3. The molecule has 0 aromatic heterocycles. The second-order valence-electron chi connectivity index (χ2n) is 9.18. The Bertz CT molecular complexity index is 1030. The minimum atomic E-state index is -0.126. The lowest BCUT2D eigenvalue weighted by molar-refractivity contribution is -0.122. The third-order valence-corrected chi connectivity index (χ3v) is 7.75. The molecule has 2 heterocycles. The molecule has 0 radical (unpaired) electrons. The molecule has 1 unspecified atom stereocenters. The first-order chi connectivity index (χ1) is 16.5. The molecule has 0 aliphatic carbocycles. The Kier molecular flexibility index (Phi) is 8.46. The van der Waals surface area contributed by atoms with Gasteiger partial charge in [0.2, 0.25) is 5.91 Å². The van der Waals surface area contributed by atoms with Gasteiger partial charge in [0, 0.05) is 24.0 Å². The van der Waals surface area contributed by atoms with Gasteiger partial charge in [-0.15, -0.1) is 0 Å². The number of aryl methyl sites for hydroxylation is 1. The summed E-state index contributed by atoms with van der Waals surface area (Å²) in [5.74, 6) is -0.242. The molecule has 1 N–H and O–H groups in total.